The second-order valence-electron chi connectivity index (χ2n) is 6.31. The summed E-state index contributed by atoms with van der Waals surface area (Å²) in [6.45, 7) is 6.73. The standard InChI is InChI=1S/C16H23N3/c1-10-6-11(2)8-14(7-10)19-13-4-5-15-16(9-13)18-12(3)17-15/h4-5,9-11,14,19H,6-8H2,1-3H3,(H,17,18). The van der Waals surface area contributed by atoms with Crippen LogP contribution in [0.3, 0.4) is 0 Å². The third-order valence-corrected chi connectivity index (χ3v) is 4.15. The number of nitrogens with one attached hydrogen (secondary N) is 2. The van der Waals surface area contributed by atoms with Crippen LogP contribution in [0.4, 0.5) is 5.69 Å². The monoisotopic (exact) mass is 257 g/mol. The lowest BCUT2D eigenvalue weighted by atomic mass is 9.80. The summed E-state index contributed by atoms with van der Waals surface area (Å²) in [6, 6.07) is 7.03. The fraction of sp³-hybridized carbons (Fsp3) is 0.562. The molecule has 1 fully saturated rings. The van der Waals surface area contributed by atoms with Crippen LogP contribution in [0.5, 0.6) is 0 Å². The molecular formula is C16H23N3. The van der Waals surface area contributed by atoms with E-state index in [9.17, 15) is 0 Å². The number of aromatic nitrogens is 2. The third kappa shape index (κ3) is 2.75. The van der Waals surface area contributed by atoms with E-state index in [1.807, 2.05) is 6.92 Å². The van der Waals surface area contributed by atoms with Gasteiger partial charge in [-0.05, 0) is 56.2 Å². The largest absolute Gasteiger partial charge is 0.382 e. The fourth-order valence-corrected chi connectivity index (χ4v) is 3.53. The van der Waals surface area contributed by atoms with E-state index in [1.54, 1.807) is 0 Å². The minimum Gasteiger partial charge on any atom is -0.382 e. The molecule has 19 heavy (non-hydrogen) atoms. The summed E-state index contributed by atoms with van der Waals surface area (Å²) in [5, 5.41) is 3.70. The predicted molar refractivity (Wildman–Crippen MR) is 80.4 cm³/mol. The Morgan fingerprint density at radius 2 is 1.89 bits per heavy atom. The average Bonchev–Trinajstić information content (AvgIpc) is 2.67. The van der Waals surface area contributed by atoms with E-state index in [0.29, 0.717) is 6.04 Å². The van der Waals surface area contributed by atoms with Crippen LogP contribution in [0.1, 0.15) is 38.9 Å². The van der Waals surface area contributed by atoms with E-state index < -0.39 is 0 Å². The highest BCUT2D eigenvalue weighted by Gasteiger charge is 2.23. The second-order valence-corrected chi connectivity index (χ2v) is 6.31. The van der Waals surface area contributed by atoms with Crippen molar-refractivity contribution < 1.29 is 0 Å². The quantitative estimate of drug-likeness (QED) is 0.850. The van der Waals surface area contributed by atoms with E-state index >= 15 is 0 Å². The summed E-state index contributed by atoms with van der Waals surface area (Å²) < 4.78 is 0. The maximum Gasteiger partial charge on any atom is 0.104 e. The average molecular weight is 257 g/mol. The summed E-state index contributed by atoms with van der Waals surface area (Å²) in [5.41, 5.74) is 3.38. The van der Waals surface area contributed by atoms with Crippen LogP contribution >= 0.6 is 0 Å². The van der Waals surface area contributed by atoms with Crippen molar-refractivity contribution in [1.29, 1.82) is 0 Å². The Morgan fingerprint density at radius 1 is 1.16 bits per heavy atom. The summed E-state index contributed by atoms with van der Waals surface area (Å²) >= 11 is 0. The first-order chi connectivity index (χ1) is 9.10. The Kier molecular flexibility index (Phi) is 3.21. The van der Waals surface area contributed by atoms with Crippen LogP contribution in [-0.2, 0) is 0 Å². The lowest BCUT2D eigenvalue weighted by Crippen LogP contribution is -2.30. The molecule has 0 amide bonds. The van der Waals surface area contributed by atoms with Gasteiger partial charge in [-0.2, -0.15) is 0 Å². The molecule has 102 valence electrons. The number of hydrogen-bond acceptors (Lipinski definition) is 2. The van der Waals surface area contributed by atoms with Gasteiger partial charge in [0.25, 0.3) is 0 Å². The molecule has 2 atom stereocenters. The molecule has 2 N–H and O–H groups in total. The Morgan fingerprint density at radius 3 is 2.63 bits per heavy atom. The van der Waals surface area contributed by atoms with E-state index in [4.69, 9.17) is 0 Å². The molecular weight excluding hydrogens is 234 g/mol. The highest BCUT2D eigenvalue weighted by atomic mass is 14.9. The van der Waals surface area contributed by atoms with Crippen molar-refractivity contribution in [2.45, 2.75) is 46.1 Å². The Balaban J connectivity index is 1.77. The molecule has 1 saturated carbocycles. The van der Waals surface area contributed by atoms with Gasteiger partial charge in [-0.25, -0.2) is 4.98 Å². The van der Waals surface area contributed by atoms with Gasteiger partial charge >= 0.3 is 0 Å². The van der Waals surface area contributed by atoms with Gasteiger partial charge < -0.3 is 10.3 Å². The first kappa shape index (κ1) is 12.5. The van der Waals surface area contributed by atoms with Crippen molar-refractivity contribution in [3.8, 4) is 0 Å². The van der Waals surface area contributed by atoms with Gasteiger partial charge in [-0.3, -0.25) is 0 Å². The van der Waals surface area contributed by atoms with Gasteiger partial charge in [0.05, 0.1) is 11.0 Å². The van der Waals surface area contributed by atoms with Gasteiger partial charge in [0, 0.05) is 11.7 Å². The highest BCUT2D eigenvalue weighted by Crippen LogP contribution is 2.30. The number of anilines is 1. The maximum atomic E-state index is 4.44. The summed E-state index contributed by atoms with van der Waals surface area (Å²) in [5.74, 6) is 2.64. The van der Waals surface area contributed by atoms with Crippen LogP contribution in [0.2, 0.25) is 0 Å². The van der Waals surface area contributed by atoms with Crippen LogP contribution in [0.15, 0.2) is 18.2 Å². The van der Waals surface area contributed by atoms with Crippen LogP contribution in [-0.4, -0.2) is 16.0 Å². The van der Waals surface area contributed by atoms with Gasteiger partial charge in [-0.1, -0.05) is 13.8 Å². The van der Waals surface area contributed by atoms with E-state index in [1.165, 1.54) is 24.9 Å². The molecule has 2 aromatic rings. The van der Waals surface area contributed by atoms with Gasteiger partial charge in [0.2, 0.25) is 0 Å². The Labute approximate surface area is 114 Å². The van der Waals surface area contributed by atoms with E-state index in [-0.39, 0.29) is 0 Å². The normalized spacial score (nSPS) is 27.6. The van der Waals surface area contributed by atoms with Crippen molar-refractivity contribution in [1.82, 2.24) is 9.97 Å². The first-order valence-electron chi connectivity index (χ1n) is 7.33. The molecule has 0 radical (unpaired) electrons. The molecule has 1 aliphatic rings. The minimum absolute atomic E-state index is 0.611. The van der Waals surface area contributed by atoms with E-state index in [2.05, 4.69) is 47.3 Å². The number of benzene rings is 1. The van der Waals surface area contributed by atoms with Gasteiger partial charge in [0.15, 0.2) is 0 Å². The van der Waals surface area contributed by atoms with Crippen molar-refractivity contribution in [2.75, 3.05) is 5.32 Å². The summed E-state index contributed by atoms with van der Waals surface area (Å²) in [6.07, 6.45) is 3.94. The molecule has 0 saturated heterocycles. The molecule has 0 aliphatic heterocycles. The van der Waals surface area contributed by atoms with Gasteiger partial charge in [-0.15, -0.1) is 0 Å². The van der Waals surface area contributed by atoms with Crippen LogP contribution in [0.25, 0.3) is 11.0 Å². The molecule has 0 bridgehead atoms. The van der Waals surface area contributed by atoms with Crippen LogP contribution < -0.4 is 5.32 Å². The first-order valence-corrected chi connectivity index (χ1v) is 7.33. The maximum absolute atomic E-state index is 4.44. The number of imidazole rings is 1. The molecule has 1 aliphatic carbocycles. The molecule has 3 rings (SSSR count). The smallest absolute Gasteiger partial charge is 0.104 e. The zero-order chi connectivity index (χ0) is 13.4. The summed E-state index contributed by atoms with van der Waals surface area (Å²) in [7, 11) is 0. The predicted octanol–water partition coefficient (Wildman–Crippen LogP) is 4.11. The van der Waals surface area contributed by atoms with Crippen LogP contribution in [0, 0.1) is 18.8 Å². The van der Waals surface area contributed by atoms with Crippen molar-refractivity contribution in [2.24, 2.45) is 11.8 Å². The lowest BCUT2D eigenvalue weighted by molar-refractivity contribution is 0.281. The molecule has 2 unspecified atom stereocenters. The Bertz CT molecular complexity index is 562. The van der Waals surface area contributed by atoms with Crippen molar-refractivity contribution >= 4 is 16.7 Å². The number of H-pyrrole nitrogens is 1. The fourth-order valence-electron chi connectivity index (χ4n) is 3.53. The summed E-state index contributed by atoms with van der Waals surface area (Å²) in [4.78, 5) is 7.74. The number of rotatable bonds is 2. The molecule has 1 aromatic heterocycles. The zero-order valence-corrected chi connectivity index (χ0v) is 12.0. The third-order valence-electron chi connectivity index (χ3n) is 4.15. The zero-order valence-electron chi connectivity index (χ0n) is 12.0. The Hall–Kier alpha value is -1.51. The molecule has 3 nitrogen and oxygen atoms in total. The SMILES string of the molecule is Cc1nc2ccc(NC3CC(C)CC(C)C3)cc2[nH]1. The molecule has 1 heterocycles. The minimum atomic E-state index is 0.611. The van der Waals surface area contributed by atoms with E-state index in [0.717, 1.165) is 28.7 Å². The number of nitrogens with zero attached hydrogens (tertiary/aromatic N) is 1. The lowest BCUT2D eigenvalue weighted by Gasteiger charge is -2.32. The van der Waals surface area contributed by atoms with Gasteiger partial charge in [0.1, 0.15) is 5.82 Å². The van der Waals surface area contributed by atoms with Crippen molar-refractivity contribution in [3.63, 3.8) is 0 Å². The molecule has 1 aromatic carbocycles. The molecule has 0 spiro atoms. The molecule has 3 heteroatoms. The highest BCUT2D eigenvalue weighted by molar-refractivity contribution is 5.79. The number of fused-ring (bicyclic) bond motifs is 1. The number of aryl methyl sites for hydroxylation is 1. The van der Waals surface area contributed by atoms with Crippen molar-refractivity contribution in [3.05, 3.63) is 24.0 Å². The number of hydrogen-bond donors (Lipinski definition) is 2. The topological polar surface area (TPSA) is 40.7 Å². The number of aromatic amines is 1. The second kappa shape index (κ2) is 4.87.